The second-order valence-electron chi connectivity index (χ2n) is 16.2. The second kappa shape index (κ2) is 11.5. The Kier molecular flexibility index (Phi) is 6.65. The lowest BCUT2D eigenvalue weighted by Crippen LogP contribution is -2.24. The summed E-state index contributed by atoms with van der Waals surface area (Å²) in [4.78, 5) is 10.2. The van der Waals surface area contributed by atoms with E-state index < -0.39 is 0 Å². The van der Waals surface area contributed by atoms with E-state index in [0.29, 0.717) is 0 Å². The molecular formula is C52H39N3. The number of fused-ring (bicyclic) bond motifs is 12. The van der Waals surface area contributed by atoms with E-state index in [-0.39, 0.29) is 10.8 Å². The van der Waals surface area contributed by atoms with E-state index in [0.717, 1.165) is 39.6 Å². The number of benzene rings is 7. The van der Waals surface area contributed by atoms with Crippen molar-refractivity contribution in [3.05, 3.63) is 186 Å². The van der Waals surface area contributed by atoms with E-state index in [9.17, 15) is 0 Å². The van der Waals surface area contributed by atoms with Gasteiger partial charge in [-0.1, -0.05) is 167 Å². The summed E-state index contributed by atoms with van der Waals surface area (Å²) in [6.45, 7) is 9.72. The molecule has 0 saturated heterocycles. The Bertz CT molecular complexity index is 2950. The predicted octanol–water partition coefficient (Wildman–Crippen LogP) is 13.2. The fourth-order valence-electron chi connectivity index (χ4n) is 9.88. The Balaban J connectivity index is 1.19. The van der Waals surface area contributed by atoms with Gasteiger partial charge in [0.15, 0.2) is 5.82 Å². The van der Waals surface area contributed by atoms with E-state index >= 15 is 0 Å². The molecule has 0 N–H and O–H groups in total. The molecule has 9 aromatic rings. The molecule has 0 saturated carbocycles. The zero-order valence-corrected chi connectivity index (χ0v) is 31.4. The second-order valence-corrected chi connectivity index (χ2v) is 16.2. The van der Waals surface area contributed by atoms with Crippen LogP contribution >= 0.6 is 0 Å². The molecule has 0 unspecified atom stereocenters. The van der Waals surface area contributed by atoms with Crippen LogP contribution in [0.1, 0.15) is 49.9 Å². The van der Waals surface area contributed by atoms with Gasteiger partial charge in [-0.25, -0.2) is 9.97 Å². The summed E-state index contributed by atoms with van der Waals surface area (Å²) in [5.74, 6) is 0.720. The van der Waals surface area contributed by atoms with Gasteiger partial charge in [0.05, 0.1) is 22.4 Å². The lowest BCUT2D eigenvalue weighted by molar-refractivity contribution is 0.602. The first-order chi connectivity index (χ1) is 26.8. The highest BCUT2D eigenvalue weighted by Gasteiger charge is 2.48. The summed E-state index contributed by atoms with van der Waals surface area (Å²) in [7, 11) is 0. The molecule has 0 bridgehead atoms. The van der Waals surface area contributed by atoms with E-state index in [2.05, 4.69) is 172 Å². The van der Waals surface area contributed by atoms with Crippen LogP contribution in [0.3, 0.4) is 0 Å². The molecule has 0 amide bonds. The first-order valence-electron chi connectivity index (χ1n) is 19.3. The highest BCUT2D eigenvalue weighted by molar-refractivity contribution is 6.23. The first-order valence-corrected chi connectivity index (χ1v) is 19.3. The average Bonchev–Trinajstić information content (AvgIpc) is 3.78. The van der Waals surface area contributed by atoms with E-state index in [4.69, 9.17) is 9.97 Å². The summed E-state index contributed by atoms with van der Waals surface area (Å²) in [5, 5.41) is 2.63. The molecule has 11 rings (SSSR count). The van der Waals surface area contributed by atoms with Crippen molar-refractivity contribution in [1.29, 1.82) is 0 Å². The van der Waals surface area contributed by atoms with Gasteiger partial charge in [-0.2, -0.15) is 0 Å². The van der Waals surface area contributed by atoms with Crippen molar-refractivity contribution in [2.45, 2.75) is 38.5 Å². The zero-order valence-electron chi connectivity index (χ0n) is 31.4. The summed E-state index contributed by atoms with van der Waals surface area (Å²) < 4.78 is 2.53. The maximum absolute atomic E-state index is 5.14. The predicted molar refractivity (Wildman–Crippen MR) is 228 cm³/mol. The largest absolute Gasteiger partial charge is 0.309 e. The molecule has 0 spiro atoms. The van der Waals surface area contributed by atoms with Crippen molar-refractivity contribution < 1.29 is 0 Å². The van der Waals surface area contributed by atoms with Gasteiger partial charge in [0.25, 0.3) is 0 Å². The van der Waals surface area contributed by atoms with Crippen LogP contribution in [0.4, 0.5) is 0 Å². The van der Waals surface area contributed by atoms with Gasteiger partial charge in [-0.15, -0.1) is 0 Å². The summed E-state index contributed by atoms with van der Waals surface area (Å²) in [6.07, 6.45) is 0. The monoisotopic (exact) mass is 705 g/mol. The van der Waals surface area contributed by atoms with Gasteiger partial charge in [0, 0.05) is 49.5 Å². The fraction of sp³-hybridized carbons (Fsp3) is 0.115. The molecule has 3 heteroatoms. The van der Waals surface area contributed by atoms with Crippen LogP contribution in [0.5, 0.6) is 0 Å². The maximum Gasteiger partial charge on any atom is 0.160 e. The van der Waals surface area contributed by atoms with Crippen LogP contribution in [-0.4, -0.2) is 14.5 Å². The molecule has 0 aliphatic heterocycles. The number of nitrogens with zero attached hydrogens (tertiary/aromatic N) is 3. The van der Waals surface area contributed by atoms with E-state index in [1.807, 2.05) is 24.3 Å². The van der Waals surface area contributed by atoms with Crippen molar-refractivity contribution in [2.24, 2.45) is 0 Å². The minimum atomic E-state index is -0.172. The van der Waals surface area contributed by atoms with Crippen molar-refractivity contribution >= 4 is 21.8 Å². The van der Waals surface area contributed by atoms with Crippen LogP contribution in [0.25, 0.3) is 83.6 Å². The molecule has 0 atom stereocenters. The van der Waals surface area contributed by atoms with Gasteiger partial charge >= 0.3 is 0 Å². The number of hydrogen-bond donors (Lipinski definition) is 0. The van der Waals surface area contributed by atoms with Gasteiger partial charge in [-0.05, 0) is 63.2 Å². The summed E-state index contributed by atoms with van der Waals surface area (Å²) in [5.41, 5.74) is 19.4. The minimum absolute atomic E-state index is 0.150. The van der Waals surface area contributed by atoms with Gasteiger partial charge < -0.3 is 4.57 Å². The molecule has 0 fully saturated rings. The molecule has 2 aliphatic rings. The SMILES string of the molecule is CC1(C)c2ccccc2-c2c1c1c(c3c2c2ccccc2n3-c2ccc(-c3cc(-c4ccccc4)nc(-c4ccccc4)n3)cc2)-c2ccccc2C1(C)C. The third kappa shape index (κ3) is 4.44. The highest BCUT2D eigenvalue weighted by Crippen LogP contribution is 2.63. The Labute approximate surface area is 321 Å². The molecule has 55 heavy (non-hydrogen) atoms. The number of rotatable bonds is 4. The molecule has 262 valence electrons. The third-order valence-corrected chi connectivity index (χ3v) is 12.3. The zero-order chi connectivity index (χ0) is 37.1. The van der Waals surface area contributed by atoms with Crippen molar-refractivity contribution in [3.8, 4) is 61.8 Å². The quantitative estimate of drug-likeness (QED) is 0.182. The lowest BCUT2D eigenvalue weighted by atomic mass is 9.72. The molecule has 7 aromatic carbocycles. The number of para-hydroxylation sites is 1. The molecule has 3 nitrogen and oxygen atoms in total. The molecule has 2 aromatic heterocycles. The van der Waals surface area contributed by atoms with Gasteiger partial charge in [-0.3, -0.25) is 0 Å². The standard InChI is InChI=1S/C52H39N3/c1-51(2)39-24-14-11-21-36(39)44-45-38-23-13-16-26-43(38)55(49(45)46-37-22-12-15-25-40(37)52(3,4)48(46)47(44)51)35-29-27-33(28-30-35)42-31-41(32-17-7-5-8-18-32)53-50(54-42)34-19-9-6-10-20-34/h5-31H,1-4H3. The lowest BCUT2D eigenvalue weighted by Gasteiger charge is -2.31. The summed E-state index contributed by atoms with van der Waals surface area (Å²) in [6, 6.07) is 59.0. The molecule has 2 heterocycles. The number of aromatic nitrogens is 3. The van der Waals surface area contributed by atoms with Crippen LogP contribution in [-0.2, 0) is 10.8 Å². The summed E-state index contributed by atoms with van der Waals surface area (Å²) >= 11 is 0. The van der Waals surface area contributed by atoms with Crippen molar-refractivity contribution in [3.63, 3.8) is 0 Å². The Morgan fingerprint density at radius 2 is 0.945 bits per heavy atom. The van der Waals surface area contributed by atoms with Crippen LogP contribution in [0.15, 0.2) is 164 Å². The fourth-order valence-corrected chi connectivity index (χ4v) is 9.88. The molecule has 2 aliphatic carbocycles. The topological polar surface area (TPSA) is 30.7 Å². The number of hydrogen-bond acceptors (Lipinski definition) is 2. The van der Waals surface area contributed by atoms with Crippen molar-refractivity contribution in [2.75, 3.05) is 0 Å². The van der Waals surface area contributed by atoms with Crippen LogP contribution < -0.4 is 0 Å². The minimum Gasteiger partial charge on any atom is -0.309 e. The maximum atomic E-state index is 5.14. The first kappa shape index (κ1) is 31.9. The molecular weight excluding hydrogens is 667 g/mol. The van der Waals surface area contributed by atoms with E-state index in [1.54, 1.807) is 0 Å². The third-order valence-electron chi connectivity index (χ3n) is 12.3. The highest BCUT2D eigenvalue weighted by atomic mass is 15.0. The Hall–Kier alpha value is -6.58. The smallest absolute Gasteiger partial charge is 0.160 e. The normalized spacial score (nSPS) is 14.5. The van der Waals surface area contributed by atoms with Gasteiger partial charge in [0.2, 0.25) is 0 Å². The van der Waals surface area contributed by atoms with Crippen molar-refractivity contribution in [1.82, 2.24) is 14.5 Å². The van der Waals surface area contributed by atoms with Gasteiger partial charge in [0.1, 0.15) is 0 Å². The average molecular weight is 706 g/mol. The molecule has 0 radical (unpaired) electrons. The van der Waals surface area contributed by atoms with Crippen LogP contribution in [0, 0.1) is 0 Å². The van der Waals surface area contributed by atoms with E-state index in [1.165, 1.54) is 66.3 Å². The van der Waals surface area contributed by atoms with Crippen LogP contribution in [0.2, 0.25) is 0 Å². The Morgan fingerprint density at radius 1 is 0.455 bits per heavy atom. The Morgan fingerprint density at radius 3 is 1.58 bits per heavy atom.